The highest BCUT2D eigenvalue weighted by Gasteiger charge is 2.22. The number of unbranched alkanes of at least 4 members (excludes halogenated alkanes) is 10. The van der Waals surface area contributed by atoms with E-state index < -0.39 is 18.0 Å². The van der Waals surface area contributed by atoms with Crippen molar-refractivity contribution >= 4 is 23.7 Å². The Balaban J connectivity index is 2.46. The number of allylic oxidation sites excluding steroid dienone is 1. The molecule has 3 N–H and O–H groups in total. The average molecular weight is 469 g/mol. The Morgan fingerprint density at radius 2 is 1.66 bits per heavy atom. The zero-order chi connectivity index (χ0) is 23.8. The Kier molecular flexibility index (Phi) is 14.8. The number of aliphatic hydroxyl groups excluding tert-OH is 1. The summed E-state index contributed by atoms with van der Waals surface area (Å²) >= 11 is 1.25. The Morgan fingerprint density at radius 1 is 1.06 bits per heavy atom. The maximum atomic E-state index is 11.2. The smallest absolute Gasteiger partial charge is 0.354 e. The number of carboxylic acids is 2. The van der Waals surface area contributed by atoms with Crippen LogP contribution < -0.4 is 0 Å². The van der Waals surface area contributed by atoms with Crippen molar-refractivity contribution < 1.29 is 24.9 Å². The molecular weight excluding hydrogens is 428 g/mol. The van der Waals surface area contributed by atoms with Gasteiger partial charge in [-0.05, 0) is 19.3 Å². The van der Waals surface area contributed by atoms with Gasteiger partial charge in [0, 0.05) is 13.5 Å². The van der Waals surface area contributed by atoms with Crippen LogP contribution >= 0.6 is 11.8 Å². The number of aromatic carboxylic acids is 1. The lowest BCUT2D eigenvalue weighted by molar-refractivity contribution is -0.137. The molecule has 0 fully saturated rings. The highest BCUT2D eigenvalue weighted by atomic mass is 32.2. The molecule has 0 amide bonds. The summed E-state index contributed by atoms with van der Waals surface area (Å²) in [7, 11) is 1.62. The molecule has 0 aliphatic heterocycles. The molecule has 182 valence electrons. The molecule has 0 aromatic carbocycles. The number of carbonyl (C=O) groups is 2. The second-order valence-corrected chi connectivity index (χ2v) is 9.42. The first kappa shape index (κ1) is 28.2. The molecule has 1 aromatic rings. The van der Waals surface area contributed by atoms with E-state index >= 15 is 0 Å². The van der Waals surface area contributed by atoms with Gasteiger partial charge in [0.1, 0.15) is 5.69 Å². The van der Waals surface area contributed by atoms with Crippen LogP contribution in [-0.4, -0.2) is 48.2 Å². The summed E-state index contributed by atoms with van der Waals surface area (Å²) in [4.78, 5) is 26.3. The topological polar surface area (TPSA) is 113 Å². The van der Waals surface area contributed by atoms with Crippen molar-refractivity contribution in [1.29, 1.82) is 0 Å². The van der Waals surface area contributed by atoms with Crippen LogP contribution in [0.25, 0.3) is 0 Å². The lowest BCUT2D eigenvalue weighted by Crippen LogP contribution is -2.23. The first-order valence-corrected chi connectivity index (χ1v) is 12.7. The molecule has 1 heterocycles. The van der Waals surface area contributed by atoms with Crippen molar-refractivity contribution in [3.63, 3.8) is 0 Å². The van der Waals surface area contributed by atoms with E-state index in [0.29, 0.717) is 5.16 Å². The lowest BCUT2D eigenvalue weighted by atomic mass is 10.1. The Labute approximate surface area is 196 Å². The number of thioether (sulfide) groups is 1. The van der Waals surface area contributed by atoms with Gasteiger partial charge in [-0.2, -0.15) is 0 Å². The normalized spacial score (nSPS) is 13.5. The van der Waals surface area contributed by atoms with Crippen LogP contribution in [0.1, 0.15) is 101 Å². The summed E-state index contributed by atoms with van der Waals surface area (Å²) in [5, 5.41) is 28.7. The number of aromatic nitrogens is 2. The van der Waals surface area contributed by atoms with E-state index in [2.05, 4.69) is 11.9 Å². The summed E-state index contributed by atoms with van der Waals surface area (Å²) in [6.07, 6.45) is 18.1. The van der Waals surface area contributed by atoms with Gasteiger partial charge in [-0.3, -0.25) is 4.79 Å². The summed E-state index contributed by atoms with van der Waals surface area (Å²) < 4.78 is 1.47. The maximum Gasteiger partial charge on any atom is 0.354 e. The van der Waals surface area contributed by atoms with Crippen molar-refractivity contribution in [2.75, 3.05) is 0 Å². The number of hydrogen-bond acceptors (Lipinski definition) is 5. The highest BCUT2D eigenvalue weighted by Crippen LogP contribution is 2.28. The van der Waals surface area contributed by atoms with Crippen LogP contribution in [0, 0.1) is 0 Å². The molecular formula is C24H40N2O5S. The van der Waals surface area contributed by atoms with Crippen LogP contribution in [-0.2, 0) is 11.8 Å². The van der Waals surface area contributed by atoms with E-state index in [4.69, 9.17) is 5.11 Å². The zero-order valence-corrected chi connectivity index (χ0v) is 20.4. The first-order chi connectivity index (χ1) is 15.4. The predicted octanol–water partition coefficient (Wildman–Crippen LogP) is 5.67. The van der Waals surface area contributed by atoms with E-state index in [1.165, 1.54) is 80.3 Å². The molecule has 1 rings (SSSR count). The molecule has 0 bridgehead atoms. The molecule has 2 atom stereocenters. The number of carboxylic acid groups (broad SMARTS) is 2. The number of rotatable bonds is 19. The summed E-state index contributed by atoms with van der Waals surface area (Å²) in [5.74, 6) is -2.02. The molecule has 0 aliphatic carbocycles. The highest BCUT2D eigenvalue weighted by molar-refractivity contribution is 8.00. The molecule has 0 aliphatic rings. The lowest BCUT2D eigenvalue weighted by Gasteiger charge is -2.18. The number of nitrogens with zero attached hydrogens (tertiary/aromatic N) is 2. The second-order valence-electron chi connectivity index (χ2n) is 8.27. The average Bonchev–Trinajstić information content (AvgIpc) is 3.12. The molecule has 32 heavy (non-hydrogen) atoms. The fourth-order valence-corrected chi connectivity index (χ4v) is 4.58. The maximum absolute atomic E-state index is 11.2. The largest absolute Gasteiger partial charge is 0.481 e. The molecule has 1 aromatic heterocycles. The van der Waals surface area contributed by atoms with E-state index in [-0.39, 0.29) is 23.8 Å². The number of aliphatic hydroxyl groups is 1. The van der Waals surface area contributed by atoms with Gasteiger partial charge < -0.3 is 19.9 Å². The predicted molar refractivity (Wildman–Crippen MR) is 128 cm³/mol. The summed E-state index contributed by atoms with van der Waals surface area (Å²) in [6, 6.07) is 0. The van der Waals surface area contributed by atoms with Crippen molar-refractivity contribution in [3.05, 3.63) is 24.0 Å². The fourth-order valence-electron chi connectivity index (χ4n) is 3.48. The van der Waals surface area contributed by atoms with Gasteiger partial charge in [0.15, 0.2) is 5.16 Å². The molecule has 0 saturated heterocycles. The third-order valence-corrected chi connectivity index (χ3v) is 6.82. The van der Waals surface area contributed by atoms with E-state index in [9.17, 15) is 19.8 Å². The number of aliphatic carboxylic acids is 1. The Bertz CT molecular complexity index is 705. The minimum atomic E-state index is -1.06. The molecule has 7 nitrogen and oxygen atoms in total. The number of imidazole rings is 1. The van der Waals surface area contributed by atoms with Gasteiger partial charge in [0.25, 0.3) is 0 Å². The van der Waals surface area contributed by atoms with E-state index in [1.54, 1.807) is 7.05 Å². The molecule has 8 heteroatoms. The van der Waals surface area contributed by atoms with Crippen LogP contribution in [0.3, 0.4) is 0 Å². The van der Waals surface area contributed by atoms with Crippen molar-refractivity contribution in [2.45, 2.75) is 107 Å². The van der Waals surface area contributed by atoms with Gasteiger partial charge in [-0.1, -0.05) is 88.6 Å². The van der Waals surface area contributed by atoms with E-state index in [1.807, 2.05) is 12.2 Å². The third-order valence-electron chi connectivity index (χ3n) is 5.49. The van der Waals surface area contributed by atoms with Crippen LogP contribution in [0.5, 0.6) is 0 Å². The van der Waals surface area contributed by atoms with Crippen molar-refractivity contribution in [1.82, 2.24) is 9.55 Å². The van der Waals surface area contributed by atoms with Gasteiger partial charge in [0.05, 0.1) is 17.6 Å². The van der Waals surface area contributed by atoms with Gasteiger partial charge >= 0.3 is 11.9 Å². The third kappa shape index (κ3) is 11.7. The quantitative estimate of drug-likeness (QED) is 0.136. The summed E-state index contributed by atoms with van der Waals surface area (Å²) in [6.45, 7) is 2.24. The molecule has 0 saturated carbocycles. The molecule has 2 unspecified atom stereocenters. The monoisotopic (exact) mass is 468 g/mol. The first-order valence-electron chi connectivity index (χ1n) is 11.8. The van der Waals surface area contributed by atoms with Gasteiger partial charge in [-0.25, -0.2) is 9.78 Å². The summed E-state index contributed by atoms with van der Waals surface area (Å²) in [5.41, 5.74) is 0.0700. The Hall–Kier alpha value is -1.80. The SMILES string of the molecule is CCCCCCCCCCCC/C=C\C(Sc1ncc(C(=O)O)n1C)C(O)CCC(=O)O. The van der Waals surface area contributed by atoms with Crippen LogP contribution in [0.4, 0.5) is 0 Å². The molecule has 0 spiro atoms. The van der Waals surface area contributed by atoms with Gasteiger partial charge in [0.2, 0.25) is 0 Å². The van der Waals surface area contributed by atoms with Gasteiger partial charge in [-0.15, -0.1) is 0 Å². The van der Waals surface area contributed by atoms with Crippen molar-refractivity contribution in [2.24, 2.45) is 7.05 Å². The second kappa shape index (κ2) is 16.8. The number of hydrogen-bond donors (Lipinski definition) is 3. The zero-order valence-electron chi connectivity index (χ0n) is 19.5. The van der Waals surface area contributed by atoms with Crippen LogP contribution in [0.2, 0.25) is 0 Å². The minimum Gasteiger partial charge on any atom is -0.481 e. The minimum absolute atomic E-state index is 0.0700. The fraction of sp³-hybridized carbons (Fsp3) is 0.708. The molecule has 0 radical (unpaired) electrons. The van der Waals surface area contributed by atoms with Crippen molar-refractivity contribution in [3.8, 4) is 0 Å². The van der Waals surface area contributed by atoms with Crippen LogP contribution in [0.15, 0.2) is 23.5 Å². The Morgan fingerprint density at radius 3 is 2.19 bits per heavy atom. The van der Waals surface area contributed by atoms with E-state index in [0.717, 1.165) is 12.8 Å². The standard InChI is InChI=1S/C24H40N2O5S/c1-3-4-5-6-7-8-9-10-11-12-13-14-15-21(20(27)16-17-22(28)29)32-24-25-18-19(23(30)31)26(24)2/h14-15,18,20-21,27H,3-13,16-17H2,1-2H3,(H,28,29)(H,30,31)/b15-14-.